The molecule has 0 spiro atoms. The number of nitrogens with one attached hydrogen (secondary N) is 1. The Morgan fingerprint density at radius 1 is 1.25 bits per heavy atom. The number of nitrogens with zero attached hydrogens (tertiary/aromatic N) is 1. The molecule has 1 amide bonds. The van der Waals surface area contributed by atoms with Crippen LogP contribution < -0.4 is 10.1 Å². The lowest BCUT2D eigenvalue weighted by molar-refractivity contribution is -0.133. The molecule has 1 atom stereocenters. The van der Waals surface area contributed by atoms with E-state index in [2.05, 4.69) is 10.3 Å². The Morgan fingerprint density at radius 3 is 2.62 bits per heavy atom. The fourth-order valence-corrected chi connectivity index (χ4v) is 2.59. The smallest absolute Gasteiger partial charge is 0.293 e. The number of ketones is 1. The number of Topliss-reactive ketones (excluding diaryl/α,β-unsaturated/α-hetero) is 1. The summed E-state index contributed by atoms with van der Waals surface area (Å²) >= 11 is 0. The van der Waals surface area contributed by atoms with Crippen molar-refractivity contribution in [2.24, 2.45) is 0 Å². The van der Waals surface area contributed by atoms with E-state index in [-0.39, 0.29) is 11.3 Å². The van der Waals surface area contributed by atoms with E-state index in [0.29, 0.717) is 23.5 Å². The van der Waals surface area contributed by atoms with Crippen molar-refractivity contribution in [3.63, 3.8) is 0 Å². The summed E-state index contributed by atoms with van der Waals surface area (Å²) in [7, 11) is 0. The molecule has 1 aromatic carbocycles. The highest BCUT2D eigenvalue weighted by Gasteiger charge is 2.39. The highest BCUT2D eigenvalue weighted by atomic mass is 16.5. The molecule has 1 saturated heterocycles. The minimum Gasteiger partial charge on any atom is -0.507 e. The van der Waals surface area contributed by atoms with E-state index in [0.717, 1.165) is 0 Å². The van der Waals surface area contributed by atoms with Gasteiger partial charge in [-0.2, -0.15) is 0 Å². The van der Waals surface area contributed by atoms with E-state index < -0.39 is 17.7 Å². The number of ether oxygens (including phenoxy) is 1. The van der Waals surface area contributed by atoms with Crippen LogP contribution in [0.15, 0.2) is 54.4 Å². The molecule has 2 heterocycles. The first-order valence-corrected chi connectivity index (χ1v) is 7.53. The third-order valence-corrected chi connectivity index (χ3v) is 3.73. The number of hydrogen-bond acceptors (Lipinski definition) is 5. The molecular formula is C18H16N2O4. The monoisotopic (exact) mass is 324 g/mol. The minimum atomic E-state index is -0.741. The summed E-state index contributed by atoms with van der Waals surface area (Å²) in [6.45, 7) is 2.41. The fraction of sp³-hybridized carbons (Fsp3) is 0.167. The normalized spacial score (nSPS) is 19.1. The molecule has 0 saturated carbocycles. The van der Waals surface area contributed by atoms with Crippen molar-refractivity contribution in [2.75, 3.05) is 6.61 Å². The molecule has 1 fully saturated rings. The van der Waals surface area contributed by atoms with Crippen LogP contribution in [0.2, 0.25) is 0 Å². The van der Waals surface area contributed by atoms with Crippen molar-refractivity contribution in [3.05, 3.63) is 65.5 Å². The van der Waals surface area contributed by atoms with Crippen LogP contribution in [-0.4, -0.2) is 28.4 Å². The summed E-state index contributed by atoms with van der Waals surface area (Å²) < 4.78 is 5.36. The van der Waals surface area contributed by atoms with E-state index in [4.69, 9.17) is 4.74 Å². The second kappa shape index (κ2) is 6.54. The predicted molar refractivity (Wildman–Crippen MR) is 87.3 cm³/mol. The number of benzene rings is 1. The van der Waals surface area contributed by atoms with E-state index in [1.807, 2.05) is 6.92 Å². The Hall–Kier alpha value is -3.15. The van der Waals surface area contributed by atoms with Crippen molar-refractivity contribution in [1.29, 1.82) is 0 Å². The molecule has 0 aliphatic carbocycles. The van der Waals surface area contributed by atoms with Gasteiger partial charge in [-0.15, -0.1) is 0 Å². The number of pyridine rings is 1. The molecule has 6 nitrogen and oxygen atoms in total. The highest BCUT2D eigenvalue weighted by Crippen LogP contribution is 2.32. The van der Waals surface area contributed by atoms with E-state index in [1.54, 1.807) is 48.8 Å². The van der Waals surface area contributed by atoms with Gasteiger partial charge in [-0.1, -0.05) is 6.07 Å². The maximum atomic E-state index is 12.2. The van der Waals surface area contributed by atoms with Crippen molar-refractivity contribution < 1.29 is 19.4 Å². The summed E-state index contributed by atoms with van der Waals surface area (Å²) in [5.74, 6) is -1.04. The topological polar surface area (TPSA) is 88.5 Å². The van der Waals surface area contributed by atoms with Gasteiger partial charge < -0.3 is 15.2 Å². The minimum absolute atomic E-state index is 0.0251. The molecule has 1 aliphatic rings. The van der Waals surface area contributed by atoms with Gasteiger partial charge in [-0.3, -0.25) is 14.6 Å². The first-order valence-electron chi connectivity index (χ1n) is 7.53. The van der Waals surface area contributed by atoms with Crippen LogP contribution in [0.25, 0.3) is 5.76 Å². The Morgan fingerprint density at radius 2 is 2.00 bits per heavy atom. The van der Waals surface area contributed by atoms with Crippen molar-refractivity contribution in [3.8, 4) is 5.75 Å². The average molecular weight is 324 g/mol. The Kier molecular flexibility index (Phi) is 4.29. The lowest BCUT2D eigenvalue weighted by Crippen LogP contribution is -2.21. The SMILES string of the molecule is CCOc1ccc(C(O)=C2C(=O)C(=O)N[C@H]2c2cccnc2)cc1. The Labute approximate surface area is 138 Å². The number of aliphatic hydroxyl groups is 1. The van der Waals surface area contributed by atoms with Crippen LogP contribution in [0.3, 0.4) is 0 Å². The quantitative estimate of drug-likeness (QED) is 0.511. The van der Waals surface area contributed by atoms with Gasteiger partial charge in [-0.25, -0.2) is 0 Å². The molecule has 6 heteroatoms. The van der Waals surface area contributed by atoms with E-state index in [1.165, 1.54) is 0 Å². The van der Waals surface area contributed by atoms with Gasteiger partial charge in [0.05, 0.1) is 18.2 Å². The van der Waals surface area contributed by atoms with Gasteiger partial charge in [0, 0.05) is 18.0 Å². The molecule has 0 bridgehead atoms. The second-order valence-corrected chi connectivity index (χ2v) is 5.24. The van der Waals surface area contributed by atoms with Gasteiger partial charge >= 0.3 is 0 Å². The van der Waals surface area contributed by atoms with Crippen LogP contribution in [0, 0.1) is 0 Å². The average Bonchev–Trinajstić information content (AvgIpc) is 2.91. The van der Waals surface area contributed by atoms with Gasteiger partial charge in [0.15, 0.2) is 0 Å². The van der Waals surface area contributed by atoms with Crippen molar-refractivity contribution in [2.45, 2.75) is 13.0 Å². The molecule has 122 valence electrons. The fourth-order valence-electron chi connectivity index (χ4n) is 2.59. The van der Waals surface area contributed by atoms with Crippen molar-refractivity contribution in [1.82, 2.24) is 10.3 Å². The summed E-state index contributed by atoms with van der Waals surface area (Å²) in [6, 6.07) is 9.41. The lowest BCUT2D eigenvalue weighted by Gasteiger charge is -2.13. The number of hydrogen-bond donors (Lipinski definition) is 2. The summed E-state index contributed by atoms with van der Waals surface area (Å²) in [4.78, 5) is 28.0. The number of carbonyl (C=O) groups excluding carboxylic acids is 2. The number of aromatic nitrogens is 1. The first-order chi connectivity index (χ1) is 11.6. The van der Waals surface area contributed by atoms with Crippen LogP contribution in [0.5, 0.6) is 5.75 Å². The lowest BCUT2D eigenvalue weighted by atomic mass is 9.97. The number of rotatable bonds is 4. The molecule has 1 aliphatic heterocycles. The summed E-state index contributed by atoms with van der Waals surface area (Å²) in [6.07, 6.45) is 3.15. The van der Waals surface area contributed by atoms with E-state index in [9.17, 15) is 14.7 Å². The summed E-state index contributed by atoms with van der Waals surface area (Å²) in [5.41, 5.74) is 1.09. The van der Waals surface area contributed by atoms with E-state index >= 15 is 0 Å². The zero-order valence-electron chi connectivity index (χ0n) is 13.0. The zero-order chi connectivity index (χ0) is 17.1. The van der Waals surface area contributed by atoms with Crippen LogP contribution >= 0.6 is 0 Å². The summed E-state index contributed by atoms with van der Waals surface area (Å²) in [5, 5.41) is 13.1. The van der Waals surface area contributed by atoms with Gasteiger partial charge in [0.2, 0.25) is 0 Å². The first kappa shape index (κ1) is 15.7. The number of aliphatic hydroxyl groups excluding tert-OH is 1. The number of carbonyl (C=O) groups is 2. The molecule has 0 unspecified atom stereocenters. The Balaban J connectivity index is 2.03. The molecule has 3 rings (SSSR count). The molecule has 2 aromatic rings. The highest BCUT2D eigenvalue weighted by molar-refractivity contribution is 6.46. The maximum absolute atomic E-state index is 12.2. The third kappa shape index (κ3) is 2.86. The predicted octanol–water partition coefficient (Wildman–Crippen LogP) is 2.19. The van der Waals surface area contributed by atoms with Crippen LogP contribution in [-0.2, 0) is 9.59 Å². The third-order valence-electron chi connectivity index (χ3n) is 3.73. The maximum Gasteiger partial charge on any atom is 0.293 e. The van der Waals surface area contributed by atoms with Crippen LogP contribution in [0.4, 0.5) is 0 Å². The van der Waals surface area contributed by atoms with Gasteiger partial charge in [0.1, 0.15) is 11.5 Å². The van der Waals surface area contributed by atoms with Gasteiger partial charge in [-0.05, 0) is 42.8 Å². The standard InChI is InChI=1S/C18H16N2O4/c1-2-24-13-7-5-11(6-8-13)16(21)14-15(20-18(23)17(14)22)12-4-3-9-19-10-12/h3-10,15,21H,2H2,1H3,(H,20,23)/t15-/m0/s1. The molecule has 1 aromatic heterocycles. The zero-order valence-corrected chi connectivity index (χ0v) is 13.0. The van der Waals surface area contributed by atoms with Crippen molar-refractivity contribution >= 4 is 17.4 Å². The largest absolute Gasteiger partial charge is 0.507 e. The molecular weight excluding hydrogens is 308 g/mol. The molecule has 0 radical (unpaired) electrons. The van der Waals surface area contributed by atoms with Gasteiger partial charge in [0.25, 0.3) is 11.7 Å². The number of amides is 1. The molecule has 2 N–H and O–H groups in total. The molecule has 24 heavy (non-hydrogen) atoms. The van der Waals surface area contributed by atoms with Crippen LogP contribution in [0.1, 0.15) is 24.1 Å². The Bertz CT molecular complexity index is 798. The second-order valence-electron chi connectivity index (χ2n) is 5.24.